The van der Waals surface area contributed by atoms with Crippen molar-refractivity contribution in [3.63, 3.8) is 0 Å². The number of benzene rings is 1. The van der Waals surface area contributed by atoms with Crippen molar-refractivity contribution in [3.8, 4) is 0 Å². The third kappa shape index (κ3) is 2.89. The molecular formula is C17H21N3O4S. The first kappa shape index (κ1) is 17.8. The van der Waals surface area contributed by atoms with E-state index in [1.807, 2.05) is 19.9 Å². The van der Waals surface area contributed by atoms with Crippen LogP contribution in [-0.4, -0.2) is 52.0 Å². The van der Waals surface area contributed by atoms with Gasteiger partial charge < -0.3 is 20.7 Å². The van der Waals surface area contributed by atoms with Crippen LogP contribution < -0.4 is 11.1 Å². The van der Waals surface area contributed by atoms with Crippen molar-refractivity contribution in [3.05, 3.63) is 35.9 Å². The monoisotopic (exact) mass is 363 g/mol. The molecule has 1 aromatic carbocycles. The second-order valence-electron chi connectivity index (χ2n) is 6.66. The second kappa shape index (κ2) is 6.34. The standard InChI is InChI=1S/C17H21N3O4S/c1-17(2)12(16(23)24-3)20-14(22)11(15(20)25-17)19-13(21)10(18)9-7-5-4-6-8-9/h4-8,10-12,15H,18H2,1-3H3,(H,19,21)/t10-,11?,12?,15?/m1/s1. The zero-order valence-corrected chi connectivity index (χ0v) is 15.1. The molecular weight excluding hydrogens is 342 g/mol. The van der Waals surface area contributed by atoms with Crippen LogP contribution in [-0.2, 0) is 19.1 Å². The van der Waals surface area contributed by atoms with E-state index in [0.29, 0.717) is 5.56 Å². The smallest absolute Gasteiger partial charge is 0.330 e. The first-order chi connectivity index (χ1) is 11.8. The number of nitrogens with two attached hydrogens (primary N) is 1. The molecule has 8 heteroatoms. The van der Waals surface area contributed by atoms with Crippen molar-refractivity contribution in [2.24, 2.45) is 5.73 Å². The molecule has 0 spiro atoms. The minimum absolute atomic E-state index is 0.285. The summed E-state index contributed by atoms with van der Waals surface area (Å²) in [7, 11) is 1.30. The molecule has 0 saturated carbocycles. The van der Waals surface area contributed by atoms with E-state index in [1.165, 1.54) is 23.8 Å². The zero-order valence-electron chi connectivity index (χ0n) is 14.3. The summed E-state index contributed by atoms with van der Waals surface area (Å²) in [5, 5.41) is 2.43. The van der Waals surface area contributed by atoms with Crippen LogP contribution in [0.15, 0.2) is 30.3 Å². The van der Waals surface area contributed by atoms with Crippen LogP contribution >= 0.6 is 11.8 Å². The number of rotatable bonds is 4. The summed E-state index contributed by atoms with van der Waals surface area (Å²) in [6.07, 6.45) is 0. The molecule has 3 rings (SSSR count). The fourth-order valence-corrected chi connectivity index (χ4v) is 4.91. The topological polar surface area (TPSA) is 102 Å². The van der Waals surface area contributed by atoms with E-state index < -0.39 is 34.7 Å². The Bertz CT molecular complexity index is 709. The van der Waals surface area contributed by atoms with Gasteiger partial charge in [-0.05, 0) is 19.4 Å². The number of methoxy groups -OCH3 is 1. The predicted molar refractivity (Wildman–Crippen MR) is 93.4 cm³/mol. The minimum Gasteiger partial charge on any atom is -0.467 e. The Morgan fingerprint density at radius 3 is 2.56 bits per heavy atom. The number of hydrogen-bond donors (Lipinski definition) is 2. The zero-order chi connectivity index (χ0) is 18.4. The number of nitrogens with zero attached hydrogens (tertiary/aromatic N) is 1. The molecule has 2 saturated heterocycles. The van der Waals surface area contributed by atoms with Crippen molar-refractivity contribution >= 4 is 29.5 Å². The highest BCUT2D eigenvalue weighted by atomic mass is 32.2. The summed E-state index contributed by atoms with van der Waals surface area (Å²) in [5.41, 5.74) is 6.66. The number of fused-ring (bicyclic) bond motifs is 1. The highest BCUT2D eigenvalue weighted by Gasteiger charge is 2.64. The van der Waals surface area contributed by atoms with E-state index >= 15 is 0 Å². The van der Waals surface area contributed by atoms with E-state index in [1.54, 1.807) is 24.3 Å². The maximum absolute atomic E-state index is 12.5. The number of β-lactam (4-membered cyclic amide) rings is 1. The molecule has 2 aliphatic rings. The van der Waals surface area contributed by atoms with Gasteiger partial charge in [-0.25, -0.2) is 4.79 Å². The van der Waals surface area contributed by atoms with Crippen LogP contribution in [0.25, 0.3) is 0 Å². The number of nitrogens with one attached hydrogen (secondary N) is 1. The average Bonchev–Trinajstić information content (AvgIpc) is 2.86. The fraction of sp³-hybridized carbons (Fsp3) is 0.471. The Labute approximate surface area is 150 Å². The van der Waals surface area contributed by atoms with Gasteiger partial charge in [0.25, 0.3) is 0 Å². The van der Waals surface area contributed by atoms with E-state index in [9.17, 15) is 14.4 Å². The van der Waals surface area contributed by atoms with Crippen LogP contribution in [0.5, 0.6) is 0 Å². The lowest BCUT2D eigenvalue weighted by molar-refractivity contribution is -0.162. The molecule has 0 bridgehead atoms. The highest BCUT2D eigenvalue weighted by molar-refractivity contribution is 8.01. The van der Waals surface area contributed by atoms with Crippen LogP contribution in [0.3, 0.4) is 0 Å². The number of carbonyl (C=O) groups excluding carboxylic acids is 3. The molecule has 0 aromatic heterocycles. The van der Waals surface area contributed by atoms with Gasteiger partial charge in [-0.15, -0.1) is 11.8 Å². The Kier molecular flexibility index (Phi) is 4.51. The Hall–Kier alpha value is -2.06. The quantitative estimate of drug-likeness (QED) is 0.593. The van der Waals surface area contributed by atoms with Crippen molar-refractivity contribution in [1.82, 2.24) is 10.2 Å². The third-order valence-corrected chi connectivity index (χ3v) is 6.18. The Morgan fingerprint density at radius 2 is 1.96 bits per heavy atom. The summed E-state index contributed by atoms with van der Waals surface area (Å²) in [5.74, 6) is -1.14. The second-order valence-corrected chi connectivity index (χ2v) is 8.43. The van der Waals surface area contributed by atoms with E-state index in [2.05, 4.69) is 5.32 Å². The van der Waals surface area contributed by atoms with Gasteiger partial charge in [-0.2, -0.15) is 0 Å². The maximum atomic E-state index is 12.5. The molecule has 3 unspecified atom stereocenters. The van der Waals surface area contributed by atoms with Gasteiger partial charge in [0.2, 0.25) is 11.8 Å². The van der Waals surface area contributed by atoms with Crippen molar-refractivity contribution < 1.29 is 19.1 Å². The molecule has 25 heavy (non-hydrogen) atoms. The van der Waals surface area contributed by atoms with Gasteiger partial charge in [0.15, 0.2) is 0 Å². The molecule has 2 fully saturated rings. The summed E-state index contributed by atoms with van der Waals surface area (Å²) in [6, 6.07) is 6.78. The molecule has 2 aliphatic heterocycles. The first-order valence-electron chi connectivity index (χ1n) is 7.96. The number of hydrogen-bond acceptors (Lipinski definition) is 6. The predicted octanol–water partition coefficient (Wildman–Crippen LogP) is 0.407. The number of esters is 1. The minimum atomic E-state index is -0.848. The summed E-state index contributed by atoms with van der Waals surface area (Å²) in [6.45, 7) is 3.78. The normalized spacial score (nSPS) is 27.9. The van der Waals surface area contributed by atoms with Gasteiger partial charge in [0, 0.05) is 4.75 Å². The molecule has 7 nitrogen and oxygen atoms in total. The van der Waals surface area contributed by atoms with Crippen LogP contribution in [0.2, 0.25) is 0 Å². The first-order valence-corrected chi connectivity index (χ1v) is 8.84. The molecule has 2 heterocycles. The Morgan fingerprint density at radius 1 is 1.32 bits per heavy atom. The van der Waals surface area contributed by atoms with Crippen molar-refractivity contribution in [2.75, 3.05) is 7.11 Å². The number of ether oxygens (including phenoxy) is 1. The number of carbonyl (C=O) groups is 3. The summed E-state index contributed by atoms with van der Waals surface area (Å²) in [4.78, 5) is 38.5. The van der Waals surface area contributed by atoms with Gasteiger partial charge in [-0.1, -0.05) is 30.3 Å². The van der Waals surface area contributed by atoms with E-state index in [4.69, 9.17) is 10.5 Å². The lowest BCUT2D eigenvalue weighted by atomic mass is 9.95. The molecule has 4 atom stereocenters. The summed E-state index contributed by atoms with van der Waals surface area (Å²) >= 11 is 1.48. The van der Waals surface area contributed by atoms with Crippen LogP contribution in [0.1, 0.15) is 25.5 Å². The van der Waals surface area contributed by atoms with E-state index in [0.717, 1.165) is 0 Å². The molecule has 1 aromatic rings. The van der Waals surface area contributed by atoms with Gasteiger partial charge in [0.05, 0.1) is 7.11 Å². The number of amides is 2. The maximum Gasteiger partial charge on any atom is 0.330 e. The molecule has 3 N–H and O–H groups in total. The average molecular weight is 363 g/mol. The molecule has 0 aliphatic carbocycles. The van der Waals surface area contributed by atoms with Gasteiger partial charge >= 0.3 is 5.97 Å². The SMILES string of the molecule is COC(=O)C1N2C(=O)C(NC(=O)[C@H](N)c3ccccc3)C2SC1(C)C. The molecule has 2 amide bonds. The van der Waals surface area contributed by atoms with Crippen molar-refractivity contribution in [1.29, 1.82) is 0 Å². The summed E-state index contributed by atoms with van der Waals surface area (Å²) < 4.78 is 4.34. The van der Waals surface area contributed by atoms with Crippen LogP contribution in [0, 0.1) is 0 Å². The third-order valence-electron chi connectivity index (χ3n) is 4.60. The van der Waals surface area contributed by atoms with E-state index in [-0.39, 0.29) is 11.3 Å². The highest BCUT2D eigenvalue weighted by Crippen LogP contribution is 2.51. The largest absolute Gasteiger partial charge is 0.467 e. The Balaban J connectivity index is 1.71. The van der Waals surface area contributed by atoms with Crippen molar-refractivity contribution in [2.45, 2.75) is 42.1 Å². The lowest BCUT2D eigenvalue weighted by Gasteiger charge is -2.44. The lowest BCUT2D eigenvalue weighted by Crippen LogP contribution is -2.71. The fourth-order valence-electron chi connectivity index (χ4n) is 3.29. The molecule has 134 valence electrons. The van der Waals surface area contributed by atoms with Crippen LogP contribution in [0.4, 0.5) is 0 Å². The number of thioether (sulfide) groups is 1. The molecule has 0 radical (unpaired) electrons. The van der Waals surface area contributed by atoms with Gasteiger partial charge in [-0.3, -0.25) is 9.59 Å². The van der Waals surface area contributed by atoms with Gasteiger partial charge in [0.1, 0.15) is 23.5 Å².